The van der Waals surface area contributed by atoms with Crippen LogP contribution in [0.2, 0.25) is 0 Å². The number of hydrogen-bond donors (Lipinski definition) is 0. The molecule has 0 bridgehead atoms. The van der Waals surface area contributed by atoms with Gasteiger partial charge in [0.15, 0.2) is 0 Å². The van der Waals surface area contributed by atoms with Crippen LogP contribution < -0.4 is 0 Å². The highest BCUT2D eigenvalue weighted by molar-refractivity contribution is 14.2. The molecule has 1 atom stereocenters. The van der Waals surface area contributed by atoms with E-state index in [9.17, 15) is 0 Å². The predicted octanol–water partition coefficient (Wildman–Crippen LogP) is 3.51. The Morgan fingerprint density at radius 1 is 1.55 bits per heavy atom. The van der Waals surface area contributed by atoms with Gasteiger partial charge in [0.2, 0.25) is 0 Å². The highest BCUT2D eigenvalue weighted by Gasteiger charge is 2.28. The predicted molar refractivity (Wildman–Crippen MR) is 65.7 cm³/mol. The van der Waals surface area contributed by atoms with Crippen LogP contribution in [0.25, 0.3) is 0 Å². The number of alkyl halides is 2. The summed E-state index contributed by atoms with van der Waals surface area (Å²) in [5.74, 6) is 0.578. The molecule has 1 rings (SSSR count). The van der Waals surface area contributed by atoms with Gasteiger partial charge in [-0.15, -0.1) is 0 Å². The molecule has 0 N–H and O–H groups in total. The summed E-state index contributed by atoms with van der Waals surface area (Å²) < 4.78 is 0.454. The van der Waals surface area contributed by atoms with Crippen molar-refractivity contribution in [3.63, 3.8) is 0 Å². The summed E-state index contributed by atoms with van der Waals surface area (Å²) >= 11 is 4.75. The molecule has 1 unspecified atom stereocenters. The van der Waals surface area contributed by atoms with Crippen molar-refractivity contribution in [3.05, 3.63) is 24.6 Å². The molecule has 0 saturated carbocycles. The van der Waals surface area contributed by atoms with Gasteiger partial charge in [0.1, 0.15) is 2.06 Å². The van der Waals surface area contributed by atoms with Crippen LogP contribution in [0.5, 0.6) is 0 Å². The van der Waals surface area contributed by atoms with E-state index in [-0.39, 0.29) is 0 Å². The van der Waals surface area contributed by atoms with E-state index in [1.165, 1.54) is 11.4 Å². The second-order valence-electron chi connectivity index (χ2n) is 2.81. The van der Waals surface area contributed by atoms with Gasteiger partial charge in [-0.3, -0.25) is 0 Å². The summed E-state index contributed by atoms with van der Waals surface area (Å²) in [5.41, 5.74) is 2.42. The SMILES string of the molecule is C=C1CC(C)C(=C)N1C(I)I. The number of rotatable bonds is 1. The van der Waals surface area contributed by atoms with Gasteiger partial charge >= 0.3 is 0 Å². The molecule has 1 aliphatic rings. The Bertz CT molecular complexity index is 198. The minimum absolute atomic E-state index is 0.454. The van der Waals surface area contributed by atoms with E-state index in [0.29, 0.717) is 7.97 Å². The van der Waals surface area contributed by atoms with Crippen molar-refractivity contribution in [3.8, 4) is 0 Å². The lowest BCUT2D eigenvalue weighted by molar-refractivity contribution is 0.525. The number of likely N-dealkylation sites (tertiary alicyclic amines) is 1. The van der Waals surface area contributed by atoms with Crippen LogP contribution in [-0.4, -0.2) is 6.96 Å². The fraction of sp³-hybridized carbons (Fsp3) is 0.500. The number of nitrogens with zero attached hydrogens (tertiary/aromatic N) is 1. The maximum atomic E-state index is 4.04. The third-order valence-electron chi connectivity index (χ3n) is 1.96. The molecule has 1 heterocycles. The fourth-order valence-electron chi connectivity index (χ4n) is 1.27. The molecular formula is C8H11I2N. The molecule has 0 radical (unpaired) electrons. The molecule has 1 saturated heterocycles. The molecule has 0 aromatic heterocycles. The van der Waals surface area contributed by atoms with Gasteiger partial charge < -0.3 is 4.90 Å². The third-order valence-corrected chi connectivity index (χ3v) is 3.07. The first-order valence-electron chi connectivity index (χ1n) is 3.48. The minimum Gasteiger partial charge on any atom is -0.329 e. The molecule has 11 heavy (non-hydrogen) atoms. The lowest BCUT2D eigenvalue weighted by atomic mass is 10.1. The van der Waals surface area contributed by atoms with Gasteiger partial charge in [-0.2, -0.15) is 0 Å². The minimum atomic E-state index is 0.454. The zero-order valence-electron chi connectivity index (χ0n) is 6.48. The van der Waals surface area contributed by atoms with Crippen molar-refractivity contribution in [1.29, 1.82) is 0 Å². The lowest BCUT2D eigenvalue weighted by Gasteiger charge is -2.22. The van der Waals surface area contributed by atoms with E-state index in [1.807, 2.05) is 0 Å². The summed E-state index contributed by atoms with van der Waals surface area (Å²) in [6, 6.07) is 0. The monoisotopic (exact) mass is 375 g/mol. The molecule has 0 aromatic rings. The second-order valence-corrected chi connectivity index (χ2v) is 7.55. The van der Waals surface area contributed by atoms with Gasteiger partial charge in [0.25, 0.3) is 0 Å². The summed E-state index contributed by atoms with van der Waals surface area (Å²) in [6.45, 7) is 10.3. The summed E-state index contributed by atoms with van der Waals surface area (Å²) in [6.07, 6.45) is 1.07. The van der Waals surface area contributed by atoms with Crippen molar-refractivity contribution < 1.29 is 0 Å². The Labute approximate surface area is 95.2 Å². The largest absolute Gasteiger partial charge is 0.329 e. The molecule has 1 aliphatic heterocycles. The van der Waals surface area contributed by atoms with E-state index in [0.717, 1.165) is 6.42 Å². The quantitative estimate of drug-likeness (QED) is 0.385. The van der Waals surface area contributed by atoms with E-state index in [2.05, 4.69) is 70.2 Å². The van der Waals surface area contributed by atoms with Crippen molar-refractivity contribution in [1.82, 2.24) is 4.90 Å². The van der Waals surface area contributed by atoms with Crippen molar-refractivity contribution in [2.24, 2.45) is 5.92 Å². The summed E-state index contributed by atoms with van der Waals surface area (Å²) in [7, 11) is 0. The highest BCUT2D eigenvalue weighted by Crippen LogP contribution is 2.38. The van der Waals surface area contributed by atoms with Crippen LogP contribution in [0.3, 0.4) is 0 Å². The Morgan fingerprint density at radius 3 is 2.27 bits per heavy atom. The van der Waals surface area contributed by atoms with E-state index >= 15 is 0 Å². The highest BCUT2D eigenvalue weighted by atomic mass is 127. The third kappa shape index (κ3) is 1.91. The molecule has 0 amide bonds. The van der Waals surface area contributed by atoms with E-state index < -0.39 is 0 Å². The Morgan fingerprint density at radius 2 is 2.09 bits per heavy atom. The normalized spacial score (nSPS) is 25.5. The molecule has 1 fully saturated rings. The average Bonchev–Trinajstić information content (AvgIpc) is 2.07. The van der Waals surface area contributed by atoms with Gasteiger partial charge in [0.05, 0.1) is 0 Å². The number of hydrogen-bond acceptors (Lipinski definition) is 1. The molecule has 0 aliphatic carbocycles. The second kappa shape index (κ2) is 3.64. The van der Waals surface area contributed by atoms with Gasteiger partial charge in [-0.1, -0.05) is 20.1 Å². The molecule has 0 aromatic carbocycles. The van der Waals surface area contributed by atoms with Crippen LogP contribution in [0.4, 0.5) is 0 Å². The smallest absolute Gasteiger partial charge is 0.136 e. The number of halogens is 2. The van der Waals surface area contributed by atoms with E-state index in [4.69, 9.17) is 0 Å². The zero-order valence-corrected chi connectivity index (χ0v) is 10.8. The Kier molecular flexibility index (Phi) is 3.25. The molecule has 3 heteroatoms. The van der Waals surface area contributed by atoms with Crippen LogP contribution in [0.15, 0.2) is 24.6 Å². The summed E-state index contributed by atoms with van der Waals surface area (Å²) in [4.78, 5) is 2.21. The first kappa shape index (κ1) is 9.83. The first-order valence-corrected chi connectivity index (χ1v) is 5.97. The summed E-state index contributed by atoms with van der Waals surface area (Å²) in [5, 5.41) is 0. The van der Waals surface area contributed by atoms with Gasteiger partial charge in [-0.25, -0.2) is 0 Å². The van der Waals surface area contributed by atoms with Gasteiger partial charge in [0, 0.05) is 17.3 Å². The fourth-order valence-corrected chi connectivity index (χ4v) is 2.78. The zero-order chi connectivity index (χ0) is 8.59. The van der Waals surface area contributed by atoms with Crippen LogP contribution >= 0.6 is 45.2 Å². The van der Waals surface area contributed by atoms with Crippen LogP contribution in [0, 0.1) is 5.92 Å². The van der Waals surface area contributed by atoms with Crippen LogP contribution in [-0.2, 0) is 0 Å². The van der Waals surface area contributed by atoms with Crippen molar-refractivity contribution >= 4 is 45.2 Å². The number of allylic oxidation sites excluding steroid dienone is 2. The average molecular weight is 375 g/mol. The lowest BCUT2D eigenvalue weighted by Crippen LogP contribution is -2.19. The van der Waals surface area contributed by atoms with Crippen molar-refractivity contribution in [2.45, 2.75) is 15.4 Å². The molecule has 62 valence electrons. The standard InChI is InChI=1S/C8H11I2N/c1-5-4-6(2)11(7(5)3)8(9)10/h5,8H,2-4H2,1H3. The molecular weight excluding hydrogens is 364 g/mol. The van der Waals surface area contributed by atoms with Crippen molar-refractivity contribution in [2.75, 3.05) is 0 Å². The molecule has 1 nitrogen and oxygen atoms in total. The topological polar surface area (TPSA) is 3.24 Å². The Balaban J connectivity index is 2.80. The Hall–Kier alpha value is 0.740. The molecule has 0 spiro atoms. The van der Waals surface area contributed by atoms with Gasteiger partial charge in [-0.05, 0) is 51.6 Å². The van der Waals surface area contributed by atoms with Crippen LogP contribution in [0.1, 0.15) is 13.3 Å². The maximum Gasteiger partial charge on any atom is 0.136 e. The first-order chi connectivity index (χ1) is 5.04. The van der Waals surface area contributed by atoms with E-state index in [1.54, 1.807) is 0 Å². The maximum absolute atomic E-state index is 4.04.